The molecule has 0 aliphatic carbocycles. The number of thiocarbonyl (C=S) groups is 1. The third kappa shape index (κ3) is 4.31. The lowest BCUT2D eigenvalue weighted by Crippen LogP contribution is -2.27. The Labute approximate surface area is 124 Å². The average molecular weight is 288 g/mol. The molecule has 104 valence electrons. The van der Waals surface area contributed by atoms with Gasteiger partial charge in [0.15, 0.2) is 5.11 Å². The Morgan fingerprint density at radius 1 is 1.10 bits per heavy atom. The first-order valence-corrected chi connectivity index (χ1v) is 6.96. The van der Waals surface area contributed by atoms with Crippen molar-refractivity contribution < 1.29 is 4.39 Å². The summed E-state index contributed by atoms with van der Waals surface area (Å²) in [5, 5.41) is 6.80. The van der Waals surface area contributed by atoms with Gasteiger partial charge in [-0.25, -0.2) is 4.39 Å². The molecule has 0 saturated carbocycles. The number of anilines is 1. The summed E-state index contributed by atoms with van der Waals surface area (Å²) in [6.07, 6.45) is 0.991. The van der Waals surface area contributed by atoms with Crippen LogP contribution in [-0.2, 0) is 13.0 Å². The first-order valence-electron chi connectivity index (χ1n) is 6.55. The molecule has 0 bridgehead atoms. The zero-order valence-corrected chi connectivity index (χ0v) is 12.1. The summed E-state index contributed by atoms with van der Waals surface area (Å²) >= 11 is 5.24. The maximum atomic E-state index is 12.8. The van der Waals surface area contributed by atoms with Gasteiger partial charge in [0.1, 0.15) is 5.82 Å². The molecule has 2 aromatic rings. The molecule has 2 aromatic carbocycles. The summed E-state index contributed by atoms with van der Waals surface area (Å²) in [6.45, 7) is 2.68. The predicted octanol–water partition coefficient (Wildman–Crippen LogP) is 3.87. The van der Waals surface area contributed by atoms with Crippen LogP contribution in [0.15, 0.2) is 48.5 Å². The van der Waals surface area contributed by atoms with E-state index in [1.165, 1.54) is 17.7 Å². The van der Waals surface area contributed by atoms with Gasteiger partial charge in [-0.15, -0.1) is 0 Å². The van der Waals surface area contributed by atoms with Crippen molar-refractivity contribution in [2.45, 2.75) is 19.9 Å². The van der Waals surface area contributed by atoms with Crippen molar-refractivity contribution in [3.8, 4) is 0 Å². The Bertz CT molecular complexity index is 581. The Balaban J connectivity index is 1.87. The van der Waals surface area contributed by atoms with Crippen LogP contribution in [0.3, 0.4) is 0 Å². The minimum absolute atomic E-state index is 0.231. The summed E-state index contributed by atoms with van der Waals surface area (Å²) < 4.78 is 12.8. The van der Waals surface area contributed by atoms with Crippen molar-refractivity contribution in [3.63, 3.8) is 0 Å². The van der Waals surface area contributed by atoms with Crippen molar-refractivity contribution in [1.29, 1.82) is 0 Å². The second-order valence-corrected chi connectivity index (χ2v) is 4.90. The second-order valence-electron chi connectivity index (χ2n) is 4.49. The fraction of sp³-hybridized carbons (Fsp3) is 0.188. The zero-order valence-electron chi connectivity index (χ0n) is 11.3. The minimum atomic E-state index is -0.231. The topological polar surface area (TPSA) is 24.1 Å². The molecule has 4 heteroatoms. The van der Waals surface area contributed by atoms with E-state index >= 15 is 0 Å². The van der Waals surface area contributed by atoms with Gasteiger partial charge in [-0.05, 0) is 54.0 Å². The summed E-state index contributed by atoms with van der Waals surface area (Å²) in [5.41, 5.74) is 3.22. The molecule has 20 heavy (non-hydrogen) atoms. The highest BCUT2D eigenvalue weighted by Crippen LogP contribution is 2.11. The number of hydrogen-bond acceptors (Lipinski definition) is 1. The third-order valence-corrected chi connectivity index (χ3v) is 3.21. The van der Waals surface area contributed by atoms with Crippen LogP contribution >= 0.6 is 12.2 Å². The molecule has 0 radical (unpaired) electrons. The van der Waals surface area contributed by atoms with Gasteiger partial charge in [0.25, 0.3) is 0 Å². The van der Waals surface area contributed by atoms with E-state index in [1.807, 2.05) is 12.1 Å². The molecule has 0 unspecified atom stereocenters. The molecule has 0 aliphatic heterocycles. The zero-order chi connectivity index (χ0) is 14.4. The van der Waals surface area contributed by atoms with Gasteiger partial charge in [0, 0.05) is 12.2 Å². The Hall–Kier alpha value is -1.94. The van der Waals surface area contributed by atoms with E-state index in [1.54, 1.807) is 12.1 Å². The van der Waals surface area contributed by atoms with Gasteiger partial charge in [0.05, 0.1) is 0 Å². The fourth-order valence-electron chi connectivity index (χ4n) is 1.83. The van der Waals surface area contributed by atoms with Crippen LogP contribution in [-0.4, -0.2) is 5.11 Å². The van der Waals surface area contributed by atoms with Crippen molar-refractivity contribution in [3.05, 3.63) is 65.5 Å². The molecule has 0 aliphatic rings. The van der Waals surface area contributed by atoms with Crippen molar-refractivity contribution in [1.82, 2.24) is 5.32 Å². The average Bonchev–Trinajstić information content (AvgIpc) is 2.47. The van der Waals surface area contributed by atoms with Gasteiger partial charge in [0.2, 0.25) is 0 Å². The van der Waals surface area contributed by atoms with E-state index in [-0.39, 0.29) is 5.82 Å². The smallest absolute Gasteiger partial charge is 0.171 e. The van der Waals surface area contributed by atoms with E-state index in [0.717, 1.165) is 17.7 Å². The predicted molar refractivity (Wildman–Crippen MR) is 85.3 cm³/mol. The van der Waals surface area contributed by atoms with Crippen LogP contribution in [0.4, 0.5) is 10.1 Å². The first-order chi connectivity index (χ1) is 9.67. The van der Waals surface area contributed by atoms with Crippen LogP contribution in [0, 0.1) is 5.82 Å². The van der Waals surface area contributed by atoms with E-state index in [4.69, 9.17) is 12.2 Å². The second kappa shape index (κ2) is 7.01. The van der Waals surface area contributed by atoms with E-state index in [0.29, 0.717) is 11.7 Å². The molecule has 0 atom stereocenters. The Morgan fingerprint density at radius 2 is 1.85 bits per heavy atom. The molecule has 2 nitrogen and oxygen atoms in total. The molecule has 0 fully saturated rings. The molecule has 0 heterocycles. The van der Waals surface area contributed by atoms with Crippen LogP contribution in [0.25, 0.3) is 0 Å². The van der Waals surface area contributed by atoms with Crippen LogP contribution in [0.1, 0.15) is 18.1 Å². The summed E-state index contributed by atoms with van der Waals surface area (Å²) in [7, 11) is 0. The lowest BCUT2D eigenvalue weighted by atomic mass is 10.1. The Morgan fingerprint density at radius 3 is 2.55 bits per heavy atom. The van der Waals surface area contributed by atoms with Gasteiger partial charge in [-0.3, -0.25) is 0 Å². The van der Waals surface area contributed by atoms with Crippen molar-refractivity contribution in [2.75, 3.05) is 5.32 Å². The Kier molecular flexibility index (Phi) is 5.07. The van der Waals surface area contributed by atoms with Gasteiger partial charge < -0.3 is 10.6 Å². The SMILES string of the molecule is CCc1cccc(NC(=S)NCc2ccc(F)cc2)c1. The van der Waals surface area contributed by atoms with Crippen LogP contribution < -0.4 is 10.6 Å². The molecule has 0 amide bonds. The molecular weight excluding hydrogens is 271 g/mol. The number of hydrogen-bond donors (Lipinski definition) is 2. The molecular formula is C16H17FN2S. The van der Waals surface area contributed by atoms with Crippen LogP contribution in [0.2, 0.25) is 0 Å². The van der Waals surface area contributed by atoms with E-state index in [2.05, 4.69) is 29.7 Å². The monoisotopic (exact) mass is 288 g/mol. The number of halogens is 1. The maximum absolute atomic E-state index is 12.8. The first kappa shape index (κ1) is 14.5. The lowest BCUT2D eigenvalue weighted by Gasteiger charge is -2.11. The largest absolute Gasteiger partial charge is 0.358 e. The number of aryl methyl sites for hydroxylation is 1. The molecule has 2 N–H and O–H groups in total. The molecule has 0 spiro atoms. The number of rotatable bonds is 4. The number of benzene rings is 2. The van der Waals surface area contributed by atoms with Crippen molar-refractivity contribution in [2.24, 2.45) is 0 Å². The van der Waals surface area contributed by atoms with E-state index in [9.17, 15) is 4.39 Å². The van der Waals surface area contributed by atoms with Gasteiger partial charge >= 0.3 is 0 Å². The highest BCUT2D eigenvalue weighted by Gasteiger charge is 1.99. The molecule has 0 aromatic heterocycles. The highest BCUT2D eigenvalue weighted by molar-refractivity contribution is 7.80. The third-order valence-electron chi connectivity index (χ3n) is 2.96. The molecule has 2 rings (SSSR count). The normalized spacial score (nSPS) is 10.1. The van der Waals surface area contributed by atoms with Crippen molar-refractivity contribution >= 4 is 23.0 Å². The standard InChI is InChI=1S/C16H17FN2S/c1-2-12-4-3-5-15(10-12)19-16(20)18-11-13-6-8-14(17)9-7-13/h3-10H,2,11H2,1H3,(H2,18,19,20). The molecule has 0 saturated heterocycles. The van der Waals surface area contributed by atoms with Gasteiger partial charge in [-0.2, -0.15) is 0 Å². The summed E-state index contributed by atoms with van der Waals surface area (Å²) in [5.74, 6) is -0.231. The lowest BCUT2D eigenvalue weighted by molar-refractivity contribution is 0.627. The maximum Gasteiger partial charge on any atom is 0.171 e. The summed E-state index contributed by atoms with van der Waals surface area (Å²) in [6, 6.07) is 14.5. The minimum Gasteiger partial charge on any atom is -0.358 e. The quantitative estimate of drug-likeness (QED) is 0.835. The fourth-order valence-corrected chi connectivity index (χ4v) is 2.02. The van der Waals surface area contributed by atoms with Crippen LogP contribution in [0.5, 0.6) is 0 Å². The highest BCUT2D eigenvalue weighted by atomic mass is 32.1. The van der Waals surface area contributed by atoms with Gasteiger partial charge in [-0.1, -0.05) is 31.2 Å². The summed E-state index contributed by atoms with van der Waals surface area (Å²) in [4.78, 5) is 0. The van der Waals surface area contributed by atoms with E-state index < -0.39 is 0 Å². The number of nitrogens with one attached hydrogen (secondary N) is 2.